The van der Waals surface area contributed by atoms with E-state index in [-0.39, 0.29) is 11.5 Å². The van der Waals surface area contributed by atoms with Crippen molar-refractivity contribution in [2.75, 3.05) is 6.54 Å². The topological polar surface area (TPSA) is 25.2 Å². The monoisotopic (exact) mass is 271 g/mol. The van der Waals surface area contributed by atoms with Gasteiger partial charge in [0, 0.05) is 0 Å². The smallest absolute Gasteiger partial charge is 0.121 e. The lowest BCUT2D eigenvalue weighted by molar-refractivity contribution is 0.416. The SMILES string of the molecule is CCNC(Cc1ccc(C(C)(C)C)cc1)c1ccco1. The van der Waals surface area contributed by atoms with Crippen LogP contribution in [0.25, 0.3) is 0 Å². The molecular formula is C18H25NO. The molecule has 1 heterocycles. The molecule has 2 aromatic rings. The molecule has 1 unspecified atom stereocenters. The van der Waals surface area contributed by atoms with Crippen LogP contribution in [0.2, 0.25) is 0 Å². The third kappa shape index (κ3) is 3.73. The van der Waals surface area contributed by atoms with Crippen molar-refractivity contribution in [1.29, 1.82) is 0 Å². The summed E-state index contributed by atoms with van der Waals surface area (Å²) in [5.74, 6) is 1.01. The highest BCUT2D eigenvalue weighted by Gasteiger charge is 2.16. The first-order valence-corrected chi connectivity index (χ1v) is 7.37. The van der Waals surface area contributed by atoms with E-state index in [9.17, 15) is 0 Å². The van der Waals surface area contributed by atoms with Gasteiger partial charge in [-0.15, -0.1) is 0 Å². The minimum absolute atomic E-state index is 0.209. The zero-order valence-electron chi connectivity index (χ0n) is 12.9. The summed E-state index contributed by atoms with van der Waals surface area (Å²) in [5, 5.41) is 3.48. The Hall–Kier alpha value is -1.54. The van der Waals surface area contributed by atoms with E-state index in [4.69, 9.17) is 4.42 Å². The van der Waals surface area contributed by atoms with Gasteiger partial charge in [0.25, 0.3) is 0 Å². The van der Waals surface area contributed by atoms with E-state index in [1.807, 2.05) is 12.1 Å². The molecule has 2 rings (SSSR count). The van der Waals surface area contributed by atoms with Crippen molar-refractivity contribution in [3.63, 3.8) is 0 Å². The molecule has 0 aliphatic rings. The molecule has 1 N–H and O–H groups in total. The van der Waals surface area contributed by atoms with Crippen molar-refractivity contribution in [3.05, 3.63) is 59.5 Å². The first kappa shape index (κ1) is 14.9. The second-order valence-corrected chi connectivity index (χ2v) is 6.28. The molecule has 1 aromatic heterocycles. The van der Waals surface area contributed by atoms with Gasteiger partial charge >= 0.3 is 0 Å². The van der Waals surface area contributed by atoms with Gasteiger partial charge in [-0.2, -0.15) is 0 Å². The summed E-state index contributed by atoms with van der Waals surface area (Å²) in [6, 6.07) is 13.2. The molecule has 1 aromatic carbocycles. The van der Waals surface area contributed by atoms with Gasteiger partial charge in [0.1, 0.15) is 5.76 Å². The molecule has 2 nitrogen and oxygen atoms in total. The van der Waals surface area contributed by atoms with Crippen LogP contribution in [-0.2, 0) is 11.8 Å². The number of rotatable bonds is 5. The van der Waals surface area contributed by atoms with Crippen LogP contribution < -0.4 is 5.32 Å². The molecule has 0 saturated carbocycles. The normalized spacial score (nSPS) is 13.4. The summed E-state index contributed by atoms with van der Waals surface area (Å²) in [6.45, 7) is 9.79. The van der Waals surface area contributed by atoms with E-state index in [2.05, 4.69) is 57.3 Å². The van der Waals surface area contributed by atoms with Crippen LogP contribution in [0.5, 0.6) is 0 Å². The Balaban J connectivity index is 2.11. The summed E-state index contributed by atoms with van der Waals surface area (Å²) in [6.07, 6.45) is 2.69. The Bertz CT molecular complexity index is 505. The van der Waals surface area contributed by atoms with Gasteiger partial charge in [-0.25, -0.2) is 0 Å². The summed E-state index contributed by atoms with van der Waals surface area (Å²) in [5.41, 5.74) is 2.92. The van der Waals surface area contributed by atoms with E-state index in [0.717, 1.165) is 18.7 Å². The van der Waals surface area contributed by atoms with Gasteiger partial charge in [-0.1, -0.05) is 52.0 Å². The lowest BCUT2D eigenvalue weighted by Gasteiger charge is -2.20. The van der Waals surface area contributed by atoms with E-state index in [1.165, 1.54) is 11.1 Å². The Kier molecular flexibility index (Phi) is 4.66. The van der Waals surface area contributed by atoms with Crippen LogP contribution >= 0.6 is 0 Å². The quantitative estimate of drug-likeness (QED) is 0.868. The second kappa shape index (κ2) is 6.27. The van der Waals surface area contributed by atoms with Crippen molar-refractivity contribution >= 4 is 0 Å². The summed E-state index contributed by atoms with van der Waals surface area (Å²) in [4.78, 5) is 0. The molecular weight excluding hydrogens is 246 g/mol. The van der Waals surface area contributed by atoms with E-state index < -0.39 is 0 Å². The maximum atomic E-state index is 5.54. The Labute approximate surface area is 122 Å². The minimum atomic E-state index is 0.209. The van der Waals surface area contributed by atoms with Crippen molar-refractivity contribution < 1.29 is 4.42 Å². The van der Waals surface area contributed by atoms with Crippen LogP contribution in [0.1, 0.15) is 50.6 Å². The summed E-state index contributed by atoms with van der Waals surface area (Å²) in [7, 11) is 0. The number of nitrogens with one attached hydrogen (secondary N) is 1. The fourth-order valence-electron chi connectivity index (χ4n) is 2.39. The van der Waals surface area contributed by atoms with Crippen LogP contribution in [0.3, 0.4) is 0 Å². The number of likely N-dealkylation sites (N-methyl/N-ethyl adjacent to an activating group) is 1. The van der Waals surface area contributed by atoms with Crippen molar-refractivity contribution in [2.24, 2.45) is 0 Å². The van der Waals surface area contributed by atoms with E-state index in [0.29, 0.717) is 0 Å². The van der Waals surface area contributed by atoms with Crippen molar-refractivity contribution in [3.8, 4) is 0 Å². The van der Waals surface area contributed by atoms with Crippen LogP contribution in [0.4, 0.5) is 0 Å². The number of hydrogen-bond donors (Lipinski definition) is 1. The fourth-order valence-corrected chi connectivity index (χ4v) is 2.39. The molecule has 0 aliphatic heterocycles. The lowest BCUT2D eigenvalue weighted by atomic mass is 9.86. The minimum Gasteiger partial charge on any atom is -0.468 e. The van der Waals surface area contributed by atoms with Gasteiger partial charge in [0.15, 0.2) is 0 Å². The number of furan rings is 1. The van der Waals surface area contributed by atoms with E-state index in [1.54, 1.807) is 6.26 Å². The van der Waals surface area contributed by atoms with Gasteiger partial charge in [-0.05, 0) is 41.6 Å². The number of benzene rings is 1. The second-order valence-electron chi connectivity index (χ2n) is 6.28. The predicted molar refractivity (Wildman–Crippen MR) is 84.0 cm³/mol. The van der Waals surface area contributed by atoms with Gasteiger partial charge < -0.3 is 9.73 Å². The van der Waals surface area contributed by atoms with Crippen LogP contribution in [0, 0.1) is 0 Å². The molecule has 0 aliphatic carbocycles. The Morgan fingerprint density at radius 3 is 2.30 bits per heavy atom. The van der Waals surface area contributed by atoms with Gasteiger partial charge in [0.2, 0.25) is 0 Å². The number of hydrogen-bond acceptors (Lipinski definition) is 2. The van der Waals surface area contributed by atoms with E-state index >= 15 is 0 Å². The highest BCUT2D eigenvalue weighted by molar-refractivity contribution is 5.28. The standard InChI is InChI=1S/C18H25NO/c1-5-19-16(17-7-6-12-20-17)13-14-8-10-15(11-9-14)18(2,3)4/h6-12,16,19H,5,13H2,1-4H3. The molecule has 0 spiro atoms. The summed E-state index contributed by atoms with van der Waals surface area (Å²) < 4.78 is 5.54. The van der Waals surface area contributed by atoms with Gasteiger partial charge in [0.05, 0.1) is 12.3 Å². The van der Waals surface area contributed by atoms with Crippen molar-refractivity contribution in [2.45, 2.75) is 45.6 Å². The molecule has 2 heteroatoms. The fraction of sp³-hybridized carbons (Fsp3) is 0.444. The molecule has 0 bridgehead atoms. The molecule has 0 amide bonds. The third-order valence-electron chi connectivity index (χ3n) is 3.60. The van der Waals surface area contributed by atoms with Crippen LogP contribution in [0.15, 0.2) is 47.1 Å². The lowest BCUT2D eigenvalue weighted by Crippen LogP contribution is -2.22. The predicted octanol–water partition coefficient (Wildman–Crippen LogP) is 4.47. The molecule has 0 saturated heterocycles. The molecule has 20 heavy (non-hydrogen) atoms. The maximum Gasteiger partial charge on any atom is 0.121 e. The molecule has 1 atom stereocenters. The first-order chi connectivity index (χ1) is 9.50. The van der Waals surface area contributed by atoms with Gasteiger partial charge in [-0.3, -0.25) is 0 Å². The Morgan fingerprint density at radius 2 is 1.80 bits per heavy atom. The first-order valence-electron chi connectivity index (χ1n) is 7.37. The average molecular weight is 271 g/mol. The van der Waals surface area contributed by atoms with Crippen LogP contribution in [-0.4, -0.2) is 6.54 Å². The zero-order chi connectivity index (χ0) is 14.6. The van der Waals surface area contributed by atoms with Crippen molar-refractivity contribution in [1.82, 2.24) is 5.32 Å². The largest absolute Gasteiger partial charge is 0.468 e. The summed E-state index contributed by atoms with van der Waals surface area (Å²) >= 11 is 0. The molecule has 0 fully saturated rings. The third-order valence-corrected chi connectivity index (χ3v) is 3.60. The molecule has 0 radical (unpaired) electrons. The average Bonchev–Trinajstić information content (AvgIpc) is 2.91. The highest BCUT2D eigenvalue weighted by Crippen LogP contribution is 2.24. The zero-order valence-corrected chi connectivity index (χ0v) is 12.9. The maximum absolute atomic E-state index is 5.54. The molecule has 108 valence electrons. The highest BCUT2D eigenvalue weighted by atomic mass is 16.3. The Morgan fingerprint density at radius 1 is 1.10 bits per heavy atom.